The molecule has 1 heterocycles. The Labute approximate surface area is 147 Å². The minimum absolute atomic E-state index is 0.0963. The van der Waals surface area contributed by atoms with Gasteiger partial charge in [-0.3, -0.25) is 0 Å². The van der Waals surface area contributed by atoms with Crippen LogP contribution in [-0.2, 0) is 0 Å². The second-order valence-electron chi connectivity index (χ2n) is 4.86. The molecule has 0 amide bonds. The van der Waals surface area contributed by atoms with Crippen molar-refractivity contribution in [3.63, 3.8) is 0 Å². The minimum Gasteiger partial charge on any atom is -0.490 e. The van der Waals surface area contributed by atoms with Gasteiger partial charge in [-0.1, -0.05) is 40.2 Å². The molecule has 0 saturated heterocycles. The molecular weight excluding hydrogens is 374 g/mol. The first kappa shape index (κ1) is 16.4. The van der Waals surface area contributed by atoms with Crippen molar-refractivity contribution in [2.24, 2.45) is 0 Å². The van der Waals surface area contributed by atoms with Crippen molar-refractivity contribution < 1.29 is 14.9 Å². The Hall–Kier alpha value is -2.51. The number of hydrogen-bond donors (Lipinski definition) is 2. The number of nitrogens with zero attached hydrogens (tertiary/aromatic N) is 3. The van der Waals surface area contributed by atoms with E-state index in [0.29, 0.717) is 23.0 Å². The summed E-state index contributed by atoms with van der Waals surface area (Å²) in [5.41, 5.74) is 1.37. The Morgan fingerprint density at radius 3 is 2.38 bits per heavy atom. The zero-order chi connectivity index (χ0) is 16.9. The van der Waals surface area contributed by atoms with Gasteiger partial charge in [-0.25, -0.2) is 4.98 Å². The summed E-state index contributed by atoms with van der Waals surface area (Å²) in [7, 11) is 0. The number of rotatable bonds is 5. The Morgan fingerprint density at radius 2 is 1.62 bits per heavy atom. The Balaban J connectivity index is 2.05. The number of aliphatic hydroxyl groups excluding tert-OH is 1. The lowest BCUT2D eigenvalue weighted by Crippen LogP contribution is -2.04. The Morgan fingerprint density at radius 1 is 0.917 bits per heavy atom. The van der Waals surface area contributed by atoms with Crippen molar-refractivity contribution in [2.45, 2.75) is 0 Å². The summed E-state index contributed by atoms with van der Waals surface area (Å²) in [6.07, 6.45) is 0. The number of ether oxygens (including phenoxy) is 1. The highest BCUT2D eigenvalue weighted by molar-refractivity contribution is 9.10. The van der Waals surface area contributed by atoms with Gasteiger partial charge in [0.15, 0.2) is 11.6 Å². The summed E-state index contributed by atoms with van der Waals surface area (Å²) in [5.74, 6) is 1.19. The predicted molar refractivity (Wildman–Crippen MR) is 92.6 cm³/mol. The Bertz CT molecular complexity index is 841. The zero-order valence-electron chi connectivity index (χ0n) is 12.6. The molecule has 6 nitrogen and oxygen atoms in total. The second-order valence-corrected chi connectivity index (χ2v) is 5.77. The van der Waals surface area contributed by atoms with Crippen LogP contribution in [0.15, 0.2) is 53.0 Å². The van der Waals surface area contributed by atoms with E-state index in [0.717, 1.165) is 10.0 Å². The van der Waals surface area contributed by atoms with Crippen molar-refractivity contribution in [1.82, 2.24) is 15.0 Å². The number of aliphatic hydroxyl groups is 1. The molecule has 0 aliphatic carbocycles. The number of aromatic nitrogens is 3. The molecule has 24 heavy (non-hydrogen) atoms. The number of hydrogen-bond acceptors (Lipinski definition) is 6. The molecule has 122 valence electrons. The molecule has 0 aliphatic rings. The third-order valence-electron chi connectivity index (χ3n) is 3.20. The van der Waals surface area contributed by atoms with E-state index in [1.165, 1.54) is 0 Å². The summed E-state index contributed by atoms with van der Waals surface area (Å²) in [5, 5.41) is 18.8. The molecule has 0 fully saturated rings. The van der Waals surface area contributed by atoms with Gasteiger partial charge >= 0.3 is 6.01 Å². The first-order valence-corrected chi connectivity index (χ1v) is 8.00. The summed E-state index contributed by atoms with van der Waals surface area (Å²) < 4.78 is 6.44. The number of halogens is 1. The van der Waals surface area contributed by atoms with Crippen LogP contribution in [0, 0.1) is 0 Å². The van der Waals surface area contributed by atoms with Crippen LogP contribution in [0.2, 0.25) is 0 Å². The molecule has 0 atom stereocenters. The van der Waals surface area contributed by atoms with Gasteiger partial charge in [-0.15, -0.1) is 0 Å². The van der Waals surface area contributed by atoms with E-state index in [4.69, 9.17) is 9.84 Å². The SMILES string of the molecule is OCCOc1ccccc1-c1nc(O)nc(-c2ccc(Br)cc2)n1. The van der Waals surface area contributed by atoms with Gasteiger partial charge < -0.3 is 14.9 Å². The lowest BCUT2D eigenvalue weighted by molar-refractivity contribution is 0.202. The van der Waals surface area contributed by atoms with Crippen LogP contribution in [0.25, 0.3) is 22.8 Å². The predicted octanol–water partition coefficient (Wildman–Crippen LogP) is 3.04. The number of aromatic hydroxyl groups is 1. The highest BCUT2D eigenvalue weighted by Crippen LogP contribution is 2.29. The number of benzene rings is 2. The molecule has 0 spiro atoms. The fraction of sp³-hybridized carbons (Fsp3) is 0.118. The second kappa shape index (κ2) is 7.37. The summed E-state index contributed by atoms with van der Waals surface area (Å²) >= 11 is 3.38. The van der Waals surface area contributed by atoms with Gasteiger partial charge in [-0.2, -0.15) is 9.97 Å². The molecule has 2 N–H and O–H groups in total. The highest BCUT2D eigenvalue weighted by atomic mass is 79.9. The topological polar surface area (TPSA) is 88.4 Å². The van der Waals surface area contributed by atoms with Crippen molar-refractivity contribution in [3.8, 4) is 34.5 Å². The van der Waals surface area contributed by atoms with Crippen LogP contribution in [0.5, 0.6) is 11.8 Å². The maximum Gasteiger partial charge on any atom is 0.318 e. The molecule has 0 radical (unpaired) electrons. The zero-order valence-corrected chi connectivity index (χ0v) is 14.1. The van der Waals surface area contributed by atoms with Gasteiger partial charge in [0.05, 0.1) is 12.2 Å². The normalized spacial score (nSPS) is 10.6. The van der Waals surface area contributed by atoms with E-state index < -0.39 is 0 Å². The maximum atomic E-state index is 9.89. The molecule has 1 aromatic heterocycles. The van der Waals surface area contributed by atoms with Gasteiger partial charge in [0.2, 0.25) is 0 Å². The van der Waals surface area contributed by atoms with E-state index in [9.17, 15) is 5.11 Å². The van der Waals surface area contributed by atoms with E-state index in [2.05, 4.69) is 30.9 Å². The molecule has 3 aromatic rings. The monoisotopic (exact) mass is 387 g/mol. The van der Waals surface area contributed by atoms with Crippen molar-refractivity contribution >= 4 is 15.9 Å². The molecule has 2 aromatic carbocycles. The molecule has 0 bridgehead atoms. The maximum absolute atomic E-state index is 9.89. The quantitative estimate of drug-likeness (QED) is 0.699. The smallest absolute Gasteiger partial charge is 0.318 e. The van der Waals surface area contributed by atoms with Gasteiger partial charge in [-0.05, 0) is 24.3 Å². The van der Waals surface area contributed by atoms with Crippen LogP contribution >= 0.6 is 15.9 Å². The third-order valence-corrected chi connectivity index (χ3v) is 3.73. The molecule has 7 heteroatoms. The van der Waals surface area contributed by atoms with Crippen LogP contribution in [0.1, 0.15) is 0 Å². The van der Waals surface area contributed by atoms with Gasteiger partial charge in [0.1, 0.15) is 12.4 Å². The van der Waals surface area contributed by atoms with E-state index in [1.807, 2.05) is 36.4 Å². The lowest BCUT2D eigenvalue weighted by Gasteiger charge is -2.10. The average molecular weight is 388 g/mol. The first-order chi connectivity index (χ1) is 11.7. The molecular formula is C17H14BrN3O3. The third kappa shape index (κ3) is 3.69. The average Bonchev–Trinajstić information content (AvgIpc) is 2.60. The minimum atomic E-state index is -0.366. The standard InChI is InChI=1S/C17H14BrN3O3/c18-12-7-5-11(6-8-12)15-19-16(21-17(23)20-15)13-3-1-2-4-14(13)24-10-9-22/h1-8,22H,9-10H2,(H,19,20,21,23). The molecule has 0 unspecified atom stereocenters. The largest absolute Gasteiger partial charge is 0.490 e. The van der Waals surface area contributed by atoms with Crippen LogP contribution in [0.3, 0.4) is 0 Å². The van der Waals surface area contributed by atoms with Crippen LogP contribution < -0.4 is 4.74 Å². The van der Waals surface area contributed by atoms with Crippen molar-refractivity contribution in [3.05, 3.63) is 53.0 Å². The van der Waals surface area contributed by atoms with E-state index in [-0.39, 0.29) is 19.2 Å². The fourth-order valence-corrected chi connectivity index (χ4v) is 2.41. The van der Waals surface area contributed by atoms with Gasteiger partial charge in [0.25, 0.3) is 0 Å². The molecule has 0 aliphatic heterocycles. The van der Waals surface area contributed by atoms with Crippen LogP contribution in [0.4, 0.5) is 0 Å². The molecule has 3 rings (SSSR count). The highest BCUT2D eigenvalue weighted by Gasteiger charge is 2.13. The summed E-state index contributed by atoms with van der Waals surface area (Å²) in [4.78, 5) is 12.4. The van der Waals surface area contributed by atoms with E-state index in [1.54, 1.807) is 12.1 Å². The first-order valence-electron chi connectivity index (χ1n) is 7.21. The Kier molecular flexibility index (Phi) is 5.02. The van der Waals surface area contributed by atoms with Gasteiger partial charge in [0, 0.05) is 10.0 Å². The lowest BCUT2D eigenvalue weighted by atomic mass is 10.1. The van der Waals surface area contributed by atoms with Crippen LogP contribution in [-0.4, -0.2) is 38.4 Å². The molecule has 0 saturated carbocycles. The van der Waals surface area contributed by atoms with Crippen molar-refractivity contribution in [2.75, 3.05) is 13.2 Å². The number of para-hydroxylation sites is 1. The fourth-order valence-electron chi connectivity index (χ4n) is 2.15. The summed E-state index contributed by atoms with van der Waals surface area (Å²) in [6, 6.07) is 14.2. The summed E-state index contributed by atoms with van der Waals surface area (Å²) in [6.45, 7) is 0.0641. The van der Waals surface area contributed by atoms with E-state index >= 15 is 0 Å². The van der Waals surface area contributed by atoms with Crippen molar-refractivity contribution in [1.29, 1.82) is 0 Å².